The van der Waals surface area contributed by atoms with Gasteiger partial charge >= 0.3 is 0 Å². The Balaban J connectivity index is 1.83. The number of aromatic nitrogens is 1. The van der Waals surface area contributed by atoms with Gasteiger partial charge in [0.25, 0.3) is 0 Å². The highest BCUT2D eigenvalue weighted by molar-refractivity contribution is 6.11. The molecule has 0 radical (unpaired) electrons. The van der Waals surface area contributed by atoms with Gasteiger partial charge in [0.2, 0.25) is 5.69 Å². The average molecular weight is 446 g/mol. The second-order valence-electron chi connectivity index (χ2n) is 9.12. The van der Waals surface area contributed by atoms with Gasteiger partial charge in [0.05, 0.1) is 11.1 Å². The van der Waals surface area contributed by atoms with E-state index >= 15 is 0 Å². The number of fused-ring (bicyclic) bond motifs is 3. The standard InChI is InChI=1S/C30H33N2O/c1-18(2)22-13-20(4)32(5)27(16-22)28-19(3)11-12-25-26-15-23(21-9-7-6-8-10-21)14-24(17-31)29(26)33-30(25)28/h11-16,18,21H,6-10H2,1-5H3/q+1/i1D3,2D3,18D,21D. The van der Waals surface area contributed by atoms with Crippen LogP contribution in [-0.4, -0.2) is 0 Å². The molecule has 2 heterocycles. The Morgan fingerprint density at radius 2 is 1.88 bits per heavy atom. The van der Waals surface area contributed by atoms with Gasteiger partial charge in [0.15, 0.2) is 11.3 Å². The van der Waals surface area contributed by atoms with Crippen molar-refractivity contribution in [2.24, 2.45) is 7.05 Å². The zero-order valence-electron chi connectivity index (χ0n) is 27.3. The third-order valence-corrected chi connectivity index (χ3v) is 7.03. The third-order valence-electron chi connectivity index (χ3n) is 7.03. The van der Waals surface area contributed by atoms with Crippen molar-refractivity contribution in [1.82, 2.24) is 0 Å². The summed E-state index contributed by atoms with van der Waals surface area (Å²) in [7, 11) is 1.79. The smallest absolute Gasteiger partial charge is 0.216 e. The molecule has 1 fully saturated rings. The van der Waals surface area contributed by atoms with Crippen molar-refractivity contribution in [3.63, 3.8) is 0 Å². The number of rotatable bonds is 3. The fraction of sp³-hybridized carbons (Fsp3) is 0.400. The SMILES string of the molecule is [2H]C1(c2cc(C#N)c3oc4c(-c5cc(C([2H])(C([2H])([2H])[2H])C([2H])([2H])[2H])cc(C)[n+]5C)c(C)ccc4c3c2)CCCCC1. The summed E-state index contributed by atoms with van der Waals surface area (Å²) in [6.07, 6.45) is 4.49. The number of benzene rings is 2. The van der Waals surface area contributed by atoms with Crippen LogP contribution in [0.5, 0.6) is 0 Å². The van der Waals surface area contributed by atoms with E-state index in [0.29, 0.717) is 33.7 Å². The molecule has 0 bridgehead atoms. The highest BCUT2D eigenvalue weighted by Gasteiger charge is 2.25. The average Bonchev–Trinajstić information content (AvgIpc) is 3.27. The minimum Gasteiger partial charge on any atom is -0.454 e. The molecule has 0 unspecified atom stereocenters. The zero-order chi connectivity index (χ0) is 30.1. The second-order valence-corrected chi connectivity index (χ2v) is 9.12. The van der Waals surface area contributed by atoms with E-state index in [4.69, 9.17) is 15.4 Å². The molecule has 1 aliphatic carbocycles. The van der Waals surface area contributed by atoms with Crippen LogP contribution < -0.4 is 4.57 Å². The molecule has 1 aliphatic rings. The van der Waals surface area contributed by atoms with Crippen LogP contribution in [0.1, 0.15) is 96.5 Å². The molecule has 5 rings (SSSR count). The van der Waals surface area contributed by atoms with Crippen LogP contribution in [0, 0.1) is 25.2 Å². The molecule has 0 aliphatic heterocycles. The molecule has 0 amide bonds. The zero-order valence-corrected chi connectivity index (χ0v) is 19.3. The molecular formula is C30H33N2O+. The quantitative estimate of drug-likeness (QED) is 0.303. The number of nitrogens with zero attached hydrogens (tertiary/aromatic N) is 2. The van der Waals surface area contributed by atoms with Gasteiger partial charge in [-0.1, -0.05) is 45.1 Å². The summed E-state index contributed by atoms with van der Waals surface area (Å²) in [5, 5.41) is 11.5. The van der Waals surface area contributed by atoms with Crippen LogP contribution in [0.3, 0.4) is 0 Å². The molecule has 3 heteroatoms. The van der Waals surface area contributed by atoms with Crippen molar-refractivity contribution in [3.05, 3.63) is 64.3 Å². The van der Waals surface area contributed by atoms with E-state index < -0.39 is 25.5 Å². The largest absolute Gasteiger partial charge is 0.454 e. The topological polar surface area (TPSA) is 40.8 Å². The van der Waals surface area contributed by atoms with Crippen molar-refractivity contribution in [1.29, 1.82) is 5.26 Å². The summed E-state index contributed by atoms with van der Waals surface area (Å²) in [4.78, 5) is 0. The first-order chi connectivity index (χ1) is 19.0. The Bertz CT molecular complexity index is 1710. The Hall–Kier alpha value is -3.12. The molecular weight excluding hydrogens is 404 g/mol. The van der Waals surface area contributed by atoms with Gasteiger partial charge in [0, 0.05) is 40.8 Å². The molecule has 2 aromatic carbocycles. The molecule has 3 nitrogen and oxygen atoms in total. The number of furan rings is 1. The van der Waals surface area contributed by atoms with Gasteiger partial charge in [-0.2, -0.15) is 9.83 Å². The van der Waals surface area contributed by atoms with E-state index in [0.717, 1.165) is 54.0 Å². The van der Waals surface area contributed by atoms with E-state index in [1.54, 1.807) is 20.0 Å². The van der Waals surface area contributed by atoms with Crippen LogP contribution >= 0.6 is 0 Å². The Morgan fingerprint density at radius 3 is 2.61 bits per heavy atom. The fourth-order valence-corrected chi connectivity index (χ4v) is 5.09. The van der Waals surface area contributed by atoms with Gasteiger partial charge in [-0.25, -0.2) is 0 Å². The lowest BCUT2D eigenvalue weighted by molar-refractivity contribution is -0.666. The van der Waals surface area contributed by atoms with Crippen molar-refractivity contribution >= 4 is 21.9 Å². The Labute approximate surface area is 207 Å². The second kappa shape index (κ2) is 8.34. The lowest BCUT2D eigenvalue weighted by Crippen LogP contribution is -2.35. The molecule has 0 atom stereocenters. The van der Waals surface area contributed by atoms with Gasteiger partial charge in [-0.3, -0.25) is 0 Å². The minimum atomic E-state index is -3.12. The summed E-state index contributed by atoms with van der Waals surface area (Å²) in [6, 6.07) is 12.7. The number of pyridine rings is 1. The summed E-state index contributed by atoms with van der Waals surface area (Å²) in [5.41, 5.74) is 4.37. The van der Waals surface area contributed by atoms with Crippen molar-refractivity contribution in [2.45, 2.75) is 71.4 Å². The third kappa shape index (κ3) is 3.62. The van der Waals surface area contributed by atoms with Gasteiger partial charge in [-0.15, -0.1) is 0 Å². The Morgan fingerprint density at radius 1 is 1.09 bits per heavy atom. The molecule has 4 aromatic rings. The predicted molar refractivity (Wildman–Crippen MR) is 134 cm³/mol. The summed E-state index contributed by atoms with van der Waals surface area (Å²) < 4.78 is 74.2. The maximum atomic E-state index is 10.1. The maximum absolute atomic E-state index is 10.1. The van der Waals surface area contributed by atoms with Gasteiger partial charge in [0.1, 0.15) is 18.7 Å². The molecule has 33 heavy (non-hydrogen) atoms. The van der Waals surface area contributed by atoms with Crippen LogP contribution in [0.15, 0.2) is 40.8 Å². The van der Waals surface area contributed by atoms with Gasteiger partial charge < -0.3 is 4.42 Å². The van der Waals surface area contributed by atoms with Crippen molar-refractivity contribution in [3.8, 4) is 17.3 Å². The van der Waals surface area contributed by atoms with Crippen LogP contribution in [0.25, 0.3) is 33.2 Å². The first kappa shape index (κ1) is 14.2. The predicted octanol–water partition coefficient (Wildman–Crippen LogP) is 7.74. The first-order valence-electron chi connectivity index (χ1n) is 15.5. The summed E-state index contributed by atoms with van der Waals surface area (Å²) in [6.45, 7) is -2.63. The highest BCUT2D eigenvalue weighted by atomic mass is 16.3. The molecule has 2 aromatic heterocycles. The minimum absolute atomic E-state index is 0.135. The van der Waals surface area contributed by atoms with E-state index in [9.17, 15) is 5.26 Å². The van der Waals surface area contributed by atoms with Gasteiger partial charge in [-0.05, 0) is 60.4 Å². The number of aryl methyl sites for hydroxylation is 2. The first-order valence-corrected chi connectivity index (χ1v) is 11.5. The lowest BCUT2D eigenvalue weighted by atomic mass is 9.83. The van der Waals surface area contributed by atoms with E-state index in [2.05, 4.69) is 6.07 Å². The number of hydrogen-bond acceptors (Lipinski definition) is 2. The van der Waals surface area contributed by atoms with E-state index in [-0.39, 0.29) is 5.56 Å². The lowest BCUT2D eigenvalue weighted by Gasteiger charge is -2.22. The van der Waals surface area contributed by atoms with Crippen LogP contribution in [0.2, 0.25) is 0 Å². The monoisotopic (exact) mass is 445 g/mol. The number of nitriles is 1. The maximum Gasteiger partial charge on any atom is 0.216 e. The van der Waals surface area contributed by atoms with Crippen molar-refractivity contribution < 1.29 is 20.0 Å². The van der Waals surface area contributed by atoms with Crippen LogP contribution in [0.4, 0.5) is 0 Å². The Kier molecular flexibility index (Phi) is 3.59. The molecule has 168 valence electrons. The molecule has 0 spiro atoms. The van der Waals surface area contributed by atoms with Crippen LogP contribution in [-0.2, 0) is 7.05 Å². The highest BCUT2D eigenvalue weighted by Crippen LogP contribution is 2.41. The summed E-state index contributed by atoms with van der Waals surface area (Å²) in [5.74, 6) is -3.62. The van der Waals surface area contributed by atoms with Crippen molar-refractivity contribution in [2.75, 3.05) is 0 Å². The van der Waals surface area contributed by atoms with E-state index in [1.807, 2.05) is 29.7 Å². The molecule has 0 saturated heterocycles. The fourth-order valence-electron chi connectivity index (χ4n) is 5.09. The number of hydrogen-bond donors (Lipinski definition) is 0. The summed E-state index contributed by atoms with van der Waals surface area (Å²) >= 11 is 0. The molecule has 0 N–H and O–H groups in total. The van der Waals surface area contributed by atoms with E-state index in [1.165, 1.54) is 12.1 Å². The normalized spacial score (nSPS) is 20.5. The molecule has 1 saturated carbocycles.